The van der Waals surface area contributed by atoms with Crippen molar-refractivity contribution in [2.45, 2.75) is 18.8 Å². The van der Waals surface area contributed by atoms with Gasteiger partial charge in [-0.3, -0.25) is 19.3 Å². The van der Waals surface area contributed by atoms with Gasteiger partial charge in [0.05, 0.1) is 11.1 Å². The van der Waals surface area contributed by atoms with E-state index in [1.165, 1.54) is 5.56 Å². The number of rotatable bonds is 3. The van der Waals surface area contributed by atoms with Gasteiger partial charge in [-0.05, 0) is 53.3 Å². The molecule has 0 saturated carbocycles. The number of benzene rings is 1. The van der Waals surface area contributed by atoms with E-state index in [1.54, 1.807) is 40.5 Å². The highest BCUT2D eigenvalue weighted by Gasteiger charge is 2.37. The normalized spacial score (nSPS) is 17.9. The van der Waals surface area contributed by atoms with Crippen LogP contribution in [-0.4, -0.2) is 47.2 Å². The molecule has 1 fully saturated rings. The lowest BCUT2D eigenvalue weighted by Gasteiger charge is -2.32. The van der Waals surface area contributed by atoms with Gasteiger partial charge in [0.2, 0.25) is 5.91 Å². The first-order valence-electron chi connectivity index (χ1n) is 8.40. The minimum atomic E-state index is -0.373. The van der Waals surface area contributed by atoms with Crippen molar-refractivity contribution in [1.29, 1.82) is 0 Å². The lowest BCUT2D eigenvalue weighted by molar-refractivity contribution is -0.132. The number of nitrogens with zero attached hydrogens (tertiary/aromatic N) is 2. The van der Waals surface area contributed by atoms with Gasteiger partial charge in [-0.25, -0.2) is 0 Å². The quantitative estimate of drug-likeness (QED) is 0.797. The Kier molecular flexibility index (Phi) is 4.13. The third kappa shape index (κ3) is 2.87. The topological polar surface area (TPSA) is 57.7 Å². The van der Waals surface area contributed by atoms with Crippen molar-refractivity contribution in [3.63, 3.8) is 0 Å². The second kappa shape index (κ2) is 6.44. The molecule has 5 nitrogen and oxygen atoms in total. The zero-order valence-electron chi connectivity index (χ0n) is 13.7. The average molecular weight is 354 g/mol. The number of fused-ring (bicyclic) bond motifs is 1. The minimum absolute atomic E-state index is 0.154. The van der Waals surface area contributed by atoms with Gasteiger partial charge in [-0.15, -0.1) is 0 Å². The van der Waals surface area contributed by atoms with Crippen molar-refractivity contribution in [2.75, 3.05) is 19.6 Å². The monoisotopic (exact) mass is 354 g/mol. The van der Waals surface area contributed by atoms with Gasteiger partial charge in [-0.2, -0.15) is 11.3 Å². The van der Waals surface area contributed by atoms with Crippen LogP contribution in [0.1, 0.15) is 45.0 Å². The first-order chi connectivity index (χ1) is 12.1. The van der Waals surface area contributed by atoms with Crippen molar-refractivity contribution in [3.8, 4) is 0 Å². The summed E-state index contributed by atoms with van der Waals surface area (Å²) in [5.41, 5.74) is 2.12. The van der Waals surface area contributed by atoms with Crippen LogP contribution in [0.25, 0.3) is 0 Å². The molecular formula is C19H18N2O3S. The summed E-state index contributed by atoms with van der Waals surface area (Å²) < 4.78 is 0. The van der Waals surface area contributed by atoms with Crippen LogP contribution in [0.4, 0.5) is 0 Å². The van der Waals surface area contributed by atoms with Crippen molar-refractivity contribution < 1.29 is 14.4 Å². The first-order valence-corrected chi connectivity index (χ1v) is 9.34. The molecule has 1 saturated heterocycles. The largest absolute Gasteiger partial charge is 0.341 e. The van der Waals surface area contributed by atoms with Crippen molar-refractivity contribution in [3.05, 3.63) is 57.8 Å². The Balaban J connectivity index is 1.39. The van der Waals surface area contributed by atoms with Gasteiger partial charge in [0.25, 0.3) is 11.8 Å². The summed E-state index contributed by atoms with van der Waals surface area (Å²) in [6.07, 6.45) is 1.84. The highest BCUT2D eigenvalue weighted by atomic mass is 32.1. The highest BCUT2D eigenvalue weighted by Crippen LogP contribution is 2.29. The van der Waals surface area contributed by atoms with E-state index in [2.05, 4.69) is 16.8 Å². The van der Waals surface area contributed by atoms with E-state index in [1.807, 2.05) is 0 Å². The van der Waals surface area contributed by atoms with E-state index in [9.17, 15) is 14.4 Å². The van der Waals surface area contributed by atoms with Crippen LogP contribution >= 0.6 is 11.3 Å². The number of amides is 3. The molecule has 3 heterocycles. The zero-order chi connectivity index (χ0) is 17.4. The highest BCUT2D eigenvalue weighted by molar-refractivity contribution is 7.08. The Bertz CT molecular complexity index is 788. The molecule has 0 bridgehead atoms. The molecule has 2 aliphatic rings. The fourth-order valence-electron chi connectivity index (χ4n) is 3.59. The van der Waals surface area contributed by atoms with E-state index in [4.69, 9.17) is 0 Å². The fourth-order valence-corrected chi connectivity index (χ4v) is 4.33. The van der Waals surface area contributed by atoms with E-state index in [0.717, 1.165) is 17.7 Å². The Morgan fingerprint density at radius 1 is 1.04 bits per heavy atom. The molecule has 0 N–H and O–H groups in total. The van der Waals surface area contributed by atoms with Gasteiger partial charge in [0.15, 0.2) is 0 Å². The van der Waals surface area contributed by atoms with Gasteiger partial charge in [0, 0.05) is 13.1 Å². The number of hydrogen-bond acceptors (Lipinski definition) is 4. The number of thiophene rings is 1. The summed E-state index contributed by atoms with van der Waals surface area (Å²) in [7, 11) is 0. The van der Waals surface area contributed by atoms with E-state index >= 15 is 0 Å². The molecule has 1 aromatic carbocycles. The minimum Gasteiger partial charge on any atom is -0.341 e. The molecular weight excluding hydrogens is 336 g/mol. The second-order valence-corrected chi connectivity index (χ2v) is 7.23. The maximum atomic E-state index is 12.6. The number of carbonyl (C=O) groups excluding carboxylic acids is 3. The Labute approximate surface area is 149 Å². The number of carbonyl (C=O) groups is 3. The molecule has 128 valence electrons. The molecule has 0 atom stereocenters. The standard InChI is InChI=1S/C19H18N2O3S/c22-17(20-8-5-13(6-9-20)14-7-10-25-12-14)11-21-18(23)15-3-1-2-4-16(15)19(21)24/h1-4,7,10,12-13H,5-6,8-9,11H2. The van der Waals surface area contributed by atoms with Crippen LogP contribution in [-0.2, 0) is 4.79 Å². The summed E-state index contributed by atoms with van der Waals surface area (Å²) in [6.45, 7) is 1.17. The van der Waals surface area contributed by atoms with Gasteiger partial charge in [0.1, 0.15) is 6.54 Å². The molecule has 0 unspecified atom stereocenters. The smallest absolute Gasteiger partial charge is 0.262 e. The number of piperidine rings is 1. The summed E-state index contributed by atoms with van der Waals surface area (Å²) in [5, 5.41) is 4.25. The van der Waals surface area contributed by atoms with Crippen LogP contribution in [0.2, 0.25) is 0 Å². The Morgan fingerprint density at radius 2 is 1.68 bits per heavy atom. The molecule has 3 amide bonds. The zero-order valence-corrected chi connectivity index (χ0v) is 14.5. The number of likely N-dealkylation sites (tertiary alicyclic amines) is 1. The molecule has 1 aromatic heterocycles. The second-order valence-electron chi connectivity index (χ2n) is 6.45. The van der Waals surface area contributed by atoms with Gasteiger partial charge >= 0.3 is 0 Å². The maximum Gasteiger partial charge on any atom is 0.262 e. The maximum absolute atomic E-state index is 12.6. The molecule has 6 heteroatoms. The predicted molar refractivity (Wildman–Crippen MR) is 94.7 cm³/mol. The average Bonchev–Trinajstić information content (AvgIpc) is 3.26. The summed E-state index contributed by atoms with van der Waals surface area (Å²) in [6, 6.07) is 8.86. The van der Waals surface area contributed by atoms with Crippen molar-refractivity contribution >= 4 is 29.1 Å². The van der Waals surface area contributed by atoms with E-state index in [-0.39, 0.29) is 24.3 Å². The Hall–Kier alpha value is -2.47. The lowest BCUT2D eigenvalue weighted by atomic mass is 9.91. The first kappa shape index (κ1) is 16.0. The van der Waals surface area contributed by atoms with E-state index < -0.39 is 0 Å². The van der Waals surface area contributed by atoms with Gasteiger partial charge < -0.3 is 4.90 Å². The molecule has 0 aliphatic carbocycles. The summed E-state index contributed by atoms with van der Waals surface area (Å²) in [4.78, 5) is 40.1. The molecule has 2 aliphatic heterocycles. The van der Waals surface area contributed by atoms with Crippen LogP contribution in [0.5, 0.6) is 0 Å². The lowest BCUT2D eigenvalue weighted by Crippen LogP contribution is -2.45. The predicted octanol–water partition coefficient (Wildman–Crippen LogP) is 2.75. The molecule has 4 rings (SSSR count). The van der Waals surface area contributed by atoms with Gasteiger partial charge in [-0.1, -0.05) is 12.1 Å². The SMILES string of the molecule is O=C(CN1C(=O)c2ccccc2C1=O)N1CCC(c2ccsc2)CC1. The molecule has 0 spiro atoms. The third-order valence-corrected chi connectivity index (χ3v) is 5.74. The van der Waals surface area contributed by atoms with Crippen LogP contribution in [0.15, 0.2) is 41.1 Å². The molecule has 25 heavy (non-hydrogen) atoms. The number of imide groups is 1. The fraction of sp³-hybridized carbons (Fsp3) is 0.316. The van der Waals surface area contributed by atoms with Crippen LogP contribution in [0.3, 0.4) is 0 Å². The molecule has 2 aromatic rings. The van der Waals surface area contributed by atoms with Crippen LogP contribution < -0.4 is 0 Å². The number of hydrogen-bond donors (Lipinski definition) is 0. The summed E-state index contributed by atoms with van der Waals surface area (Å²) in [5.74, 6) is -0.405. The summed E-state index contributed by atoms with van der Waals surface area (Å²) >= 11 is 1.69. The Morgan fingerprint density at radius 3 is 2.24 bits per heavy atom. The molecule has 0 radical (unpaired) electrons. The van der Waals surface area contributed by atoms with Crippen LogP contribution in [0, 0.1) is 0 Å². The third-order valence-electron chi connectivity index (χ3n) is 5.03. The van der Waals surface area contributed by atoms with Crippen molar-refractivity contribution in [1.82, 2.24) is 9.80 Å². The van der Waals surface area contributed by atoms with Crippen molar-refractivity contribution in [2.24, 2.45) is 0 Å². The van der Waals surface area contributed by atoms with E-state index in [0.29, 0.717) is 30.1 Å².